The van der Waals surface area contributed by atoms with Gasteiger partial charge in [0.1, 0.15) is 24.7 Å². The van der Waals surface area contributed by atoms with E-state index in [2.05, 4.69) is 46.7 Å². The molecule has 5 aromatic rings. The van der Waals surface area contributed by atoms with Crippen LogP contribution in [0.5, 0.6) is 17.2 Å². The first-order valence-corrected chi connectivity index (χ1v) is 12.8. The second-order valence-electron chi connectivity index (χ2n) is 9.43. The number of hydrogen-bond donors (Lipinski definition) is 2. The van der Waals surface area contributed by atoms with Gasteiger partial charge in [-0.15, -0.1) is 0 Å². The van der Waals surface area contributed by atoms with Gasteiger partial charge in [0.25, 0.3) is 0 Å². The van der Waals surface area contributed by atoms with Gasteiger partial charge >= 0.3 is 0 Å². The molecule has 0 amide bonds. The molecule has 6 rings (SSSR count). The van der Waals surface area contributed by atoms with Crippen molar-refractivity contribution in [3.8, 4) is 17.2 Å². The highest BCUT2D eigenvalue weighted by molar-refractivity contribution is 5.86. The zero-order chi connectivity index (χ0) is 25.9. The molecule has 0 radical (unpaired) electrons. The third-order valence-corrected chi connectivity index (χ3v) is 7.03. The number of halogens is 1. The lowest BCUT2D eigenvalue weighted by atomic mass is 9.93. The maximum Gasteiger partial charge on any atom is 0.165 e. The van der Waals surface area contributed by atoms with Crippen LogP contribution in [0.2, 0.25) is 0 Å². The zero-order valence-electron chi connectivity index (χ0n) is 21.2. The van der Waals surface area contributed by atoms with Gasteiger partial charge in [-0.25, -0.2) is 4.39 Å². The number of benzene rings is 4. The van der Waals surface area contributed by atoms with Crippen LogP contribution < -0.4 is 19.5 Å². The van der Waals surface area contributed by atoms with Gasteiger partial charge in [0.15, 0.2) is 11.6 Å². The van der Waals surface area contributed by atoms with Crippen LogP contribution in [0.1, 0.15) is 34.0 Å². The Hall–Kier alpha value is -4.29. The van der Waals surface area contributed by atoms with Crippen LogP contribution in [0, 0.1) is 5.82 Å². The first-order valence-electron chi connectivity index (χ1n) is 12.8. The smallest absolute Gasteiger partial charge is 0.165 e. The Bertz CT molecular complexity index is 1560. The van der Waals surface area contributed by atoms with Crippen molar-refractivity contribution in [2.24, 2.45) is 0 Å². The first-order chi connectivity index (χ1) is 18.7. The average molecular weight is 509 g/mol. The number of fused-ring (bicyclic) bond motifs is 3. The van der Waals surface area contributed by atoms with E-state index in [9.17, 15) is 4.39 Å². The van der Waals surface area contributed by atoms with Crippen LogP contribution in [0.4, 0.5) is 4.39 Å². The molecule has 0 bridgehead atoms. The number of H-pyrrole nitrogens is 1. The SMILES string of the molecule is COc1ccc(C2NCCc3c2[nH]c2ccc(OCc4ccccc4)cc32)cc1COc1ccccc1F. The standard InChI is InChI=1S/C32H29FN2O3/c1-36-29-14-11-22(17-23(29)20-38-30-10-6-5-9-27(30)33)31-32-25(15-16-34-31)26-18-24(12-13-28(26)35-32)37-19-21-7-3-2-4-8-21/h2-14,17-18,31,34-35H,15-16,19-20H2,1H3. The summed E-state index contributed by atoms with van der Waals surface area (Å²) in [6.07, 6.45) is 0.924. The van der Waals surface area contributed by atoms with Crippen molar-refractivity contribution in [2.75, 3.05) is 13.7 Å². The highest BCUT2D eigenvalue weighted by atomic mass is 19.1. The summed E-state index contributed by atoms with van der Waals surface area (Å²) in [5, 5.41) is 4.85. The Balaban J connectivity index is 1.27. The molecule has 1 aliphatic heterocycles. The quantitative estimate of drug-likeness (QED) is 0.245. The molecule has 6 heteroatoms. The van der Waals surface area contributed by atoms with E-state index in [1.807, 2.05) is 30.3 Å². The molecular formula is C32H29FN2O3. The lowest BCUT2D eigenvalue weighted by Gasteiger charge is -2.25. The van der Waals surface area contributed by atoms with Gasteiger partial charge in [0.05, 0.1) is 13.2 Å². The maximum atomic E-state index is 14.1. The second-order valence-corrected chi connectivity index (χ2v) is 9.43. The van der Waals surface area contributed by atoms with Gasteiger partial charge in [0.2, 0.25) is 0 Å². The lowest BCUT2D eigenvalue weighted by Crippen LogP contribution is -2.30. The van der Waals surface area contributed by atoms with Crippen LogP contribution in [0.25, 0.3) is 10.9 Å². The summed E-state index contributed by atoms with van der Waals surface area (Å²) in [4.78, 5) is 3.65. The minimum Gasteiger partial charge on any atom is -0.496 e. The van der Waals surface area contributed by atoms with E-state index in [1.54, 1.807) is 25.3 Å². The molecule has 38 heavy (non-hydrogen) atoms. The number of aromatic nitrogens is 1. The minimum absolute atomic E-state index is 0.0158. The van der Waals surface area contributed by atoms with Crippen molar-refractivity contribution in [3.63, 3.8) is 0 Å². The van der Waals surface area contributed by atoms with Crippen LogP contribution in [-0.2, 0) is 19.6 Å². The fourth-order valence-electron chi connectivity index (χ4n) is 5.13. The van der Waals surface area contributed by atoms with E-state index in [4.69, 9.17) is 14.2 Å². The predicted molar refractivity (Wildman–Crippen MR) is 146 cm³/mol. The summed E-state index contributed by atoms with van der Waals surface area (Å²) in [7, 11) is 1.63. The molecule has 0 fully saturated rings. The monoisotopic (exact) mass is 508 g/mol. The van der Waals surface area contributed by atoms with Gasteiger partial charge in [0, 0.05) is 28.7 Å². The summed E-state index contributed by atoms with van der Waals surface area (Å²) in [6.45, 7) is 1.59. The highest BCUT2D eigenvalue weighted by Gasteiger charge is 2.26. The van der Waals surface area contributed by atoms with E-state index in [0.29, 0.717) is 12.4 Å². The number of para-hydroxylation sites is 1. The Morgan fingerprint density at radius 1 is 0.842 bits per heavy atom. The summed E-state index contributed by atoms with van der Waals surface area (Å²) in [6, 6.07) is 28.9. The molecule has 1 unspecified atom stereocenters. The second kappa shape index (κ2) is 10.6. The lowest BCUT2D eigenvalue weighted by molar-refractivity contribution is 0.282. The van der Waals surface area contributed by atoms with E-state index in [-0.39, 0.29) is 24.2 Å². The first kappa shape index (κ1) is 24.1. The van der Waals surface area contributed by atoms with Gasteiger partial charge < -0.3 is 24.5 Å². The van der Waals surface area contributed by atoms with Crippen molar-refractivity contribution in [1.29, 1.82) is 0 Å². The molecule has 0 spiro atoms. The number of hydrogen-bond acceptors (Lipinski definition) is 4. The molecule has 2 N–H and O–H groups in total. The van der Waals surface area contributed by atoms with Crippen LogP contribution in [-0.4, -0.2) is 18.6 Å². The molecule has 192 valence electrons. The van der Waals surface area contributed by atoms with Gasteiger partial charge in [-0.1, -0.05) is 48.5 Å². The predicted octanol–water partition coefficient (Wildman–Crippen LogP) is 6.71. The van der Waals surface area contributed by atoms with Crippen molar-refractivity contribution in [2.45, 2.75) is 25.7 Å². The molecule has 0 saturated carbocycles. The van der Waals surface area contributed by atoms with E-state index in [0.717, 1.165) is 46.6 Å². The summed E-state index contributed by atoms with van der Waals surface area (Å²) in [5.41, 5.74) is 6.63. The zero-order valence-corrected chi connectivity index (χ0v) is 21.2. The van der Waals surface area contributed by atoms with Crippen molar-refractivity contribution >= 4 is 10.9 Å². The molecular weight excluding hydrogens is 479 g/mol. The van der Waals surface area contributed by atoms with Gasteiger partial charge in [-0.05, 0) is 65.6 Å². The van der Waals surface area contributed by atoms with Crippen LogP contribution >= 0.6 is 0 Å². The molecule has 1 aromatic heterocycles. The summed E-state index contributed by atoms with van der Waals surface area (Å²) < 4.78 is 31.6. The normalized spacial score (nSPS) is 14.7. The largest absolute Gasteiger partial charge is 0.496 e. The number of aromatic amines is 1. The molecule has 0 aliphatic carbocycles. The molecule has 1 aliphatic rings. The molecule has 4 aromatic carbocycles. The Kier molecular flexibility index (Phi) is 6.71. The molecule has 1 atom stereocenters. The Labute approximate surface area is 221 Å². The number of methoxy groups -OCH3 is 1. The van der Waals surface area contributed by atoms with E-state index < -0.39 is 0 Å². The fourth-order valence-corrected chi connectivity index (χ4v) is 5.13. The number of rotatable bonds is 8. The average Bonchev–Trinajstić information content (AvgIpc) is 3.34. The maximum absolute atomic E-state index is 14.1. The third-order valence-electron chi connectivity index (χ3n) is 7.03. The van der Waals surface area contributed by atoms with E-state index in [1.165, 1.54) is 17.0 Å². The van der Waals surface area contributed by atoms with Gasteiger partial charge in [-0.2, -0.15) is 0 Å². The summed E-state index contributed by atoms with van der Waals surface area (Å²) in [5.74, 6) is 1.40. The summed E-state index contributed by atoms with van der Waals surface area (Å²) >= 11 is 0. The van der Waals surface area contributed by atoms with Crippen LogP contribution in [0.15, 0.2) is 91.0 Å². The topological polar surface area (TPSA) is 55.5 Å². The molecule has 0 saturated heterocycles. The van der Waals surface area contributed by atoms with E-state index >= 15 is 0 Å². The number of nitrogens with one attached hydrogen (secondary N) is 2. The fraction of sp³-hybridized carbons (Fsp3) is 0.188. The van der Waals surface area contributed by atoms with Crippen molar-refractivity contribution < 1.29 is 18.6 Å². The van der Waals surface area contributed by atoms with Crippen LogP contribution in [0.3, 0.4) is 0 Å². The Morgan fingerprint density at radius 2 is 1.68 bits per heavy atom. The molecule has 2 heterocycles. The van der Waals surface area contributed by atoms with Crippen molar-refractivity contribution in [3.05, 3.63) is 125 Å². The third kappa shape index (κ3) is 4.83. The molecule has 5 nitrogen and oxygen atoms in total. The highest BCUT2D eigenvalue weighted by Crippen LogP contribution is 2.36. The van der Waals surface area contributed by atoms with Crippen molar-refractivity contribution in [1.82, 2.24) is 10.3 Å². The minimum atomic E-state index is -0.383. The Morgan fingerprint density at radius 3 is 2.53 bits per heavy atom. The van der Waals surface area contributed by atoms with Gasteiger partial charge in [-0.3, -0.25) is 0 Å². The number of ether oxygens (including phenoxy) is 3.